The zero-order valence-electron chi connectivity index (χ0n) is 18.9. The van der Waals surface area contributed by atoms with E-state index in [0.717, 1.165) is 16.7 Å². The summed E-state index contributed by atoms with van der Waals surface area (Å²) in [4.78, 5) is 27.3. The molecule has 0 aliphatic heterocycles. The number of aryl methyl sites for hydroxylation is 1. The highest BCUT2D eigenvalue weighted by molar-refractivity contribution is 5.84. The summed E-state index contributed by atoms with van der Waals surface area (Å²) >= 11 is 0. The van der Waals surface area contributed by atoms with Crippen molar-refractivity contribution < 1.29 is 13.7 Å². The van der Waals surface area contributed by atoms with Crippen LogP contribution in [0.3, 0.4) is 0 Å². The lowest BCUT2D eigenvalue weighted by atomic mass is 10.00. The molecule has 0 amide bonds. The van der Waals surface area contributed by atoms with Gasteiger partial charge in [-0.2, -0.15) is 0 Å². The molecule has 0 saturated heterocycles. The van der Waals surface area contributed by atoms with E-state index >= 15 is 0 Å². The summed E-state index contributed by atoms with van der Waals surface area (Å²) in [7, 11) is 0. The highest BCUT2D eigenvalue weighted by atomic mass is 16.5. The van der Waals surface area contributed by atoms with Crippen molar-refractivity contribution in [2.24, 2.45) is 0 Å². The first-order valence-electron chi connectivity index (χ1n) is 10.9. The van der Waals surface area contributed by atoms with Crippen molar-refractivity contribution in [2.75, 3.05) is 0 Å². The fraction of sp³-hybridized carbons (Fsp3) is 0.148. The third kappa shape index (κ3) is 3.81. The van der Waals surface area contributed by atoms with Crippen LogP contribution in [-0.4, -0.2) is 10.1 Å². The molecule has 0 saturated carbocycles. The number of aromatic nitrogens is 2. The SMILES string of the molecule is Cc1cc(C(C)Oc2ccccc2-c2noc(=O)[nH]2)c2oc(-c3ccccc3)c(C)c(=O)c2c1. The third-order valence-electron chi connectivity index (χ3n) is 5.75. The molecule has 34 heavy (non-hydrogen) atoms. The first kappa shape index (κ1) is 21.5. The summed E-state index contributed by atoms with van der Waals surface area (Å²) in [6, 6.07) is 20.6. The summed E-state index contributed by atoms with van der Waals surface area (Å²) in [5.74, 6) is 0.673. The molecule has 0 aliphatic carbocycles. The van der Waals surface area contributed by atoms with Crippen LogP contribution in [-0.2, 0) is 0 Å². The first-order chi connectivity index (χ1) is 16.4. The number of hydrogen-bond donors (Lipinski definition) is 1. The average molecular weight is 454 g/mol. The average Bonchev–Trinajstić information content (AvgIpc) is 3.28. The van der Waals surface area contributed by atoms with E-state index in [1.54, 1.807) is 19.1 Å². The van der Waals surface area contributed by atoms with Crippen molar-refractivity contribution in [1.82, 2.24) is 10.1 Å². The van der Waals surface area contributed by atoms with Crippen molar-refractivity contribution >= 4 is 11.0 Å². The second-order valence-corrected chi connectivity index (χ2v) is 8.18. The van der Waals surface area contributed by atoms with Crippen molar-refractivity contribution in [2.45, 2.75) is 26.9 Å². The topological polar surface area (TPSA) is 98.3 Å². The molecule has 3 aromatic carbocycles. The van der Waals surface area contributed by atoms with Gasteiger partial charge < -0.3 is 9.15 Å². The predicted octanol–water partition coefficient (Wildman–Crippen LogP) is 5.56. The Labute approximate surface area is 194 Å². The molecule has 2 aromatic heterocycles. The molecule has 0 aliphatic rings. The van der Waals surface area contributed by atoms with E-state index in [-0.39, 0.29) is 11.3 Å². The summed E-state index contributed by atoms with van der Waals surface area (Å²) in [5.41, 5.74) is 4.06. The Balaban J connectivity index is 1.64. The molecule has 0 fully saturated rings. The number of rotatable bonds is 5. The van der Waals surface area contributed by atoms with Crippen molar-refractivity contribution in [3.63, 3.8) is 0 Å². The highest BCUT2D eigenvalue weighted by Crippen LogP contribution is 2.35. The van der Waals surface area contributed by atoms with Gasteiger partial charge in [0.05, 0.1) is 10.9 Å². The first-order valence-corrected chi connectivity index (χ1v) is 10.9. The van der Waals surface area contributed by atoms with Gasteiger partial charge in [0.25, 0.3) is 0 Å². The molecule has 5 rings (SSSR count). The lowest BCUT2D eigenvalue weighted by Gasteiger charge is -2.19. The normalized spacial score (nSPS) is 12.1. The van der Waals surface area contributed by atoms with E-state index < -0.39 is 11.9 Å². The number of nitrogens with one attached hydrogen (secondary N) is 1. The number of fused-ring (bicyclic) bond motifs is 1. The number of H-pyrrole nitrogens is 1. The Hall–Kier alpha value is -4.39. The molecular weight excluding hydrogens is 432 g/mol. The van der Waals surface area contributed by atoms with Gasteiger partial charge in [-0.3, -0.25) is 14.3 Å². The molecule has 0 spiro atoms. The number of para-hydroxylation sites is 1. The van der Waals surface area contributed by atoms with Crippen LogP contribution in [0.15, 0.2) is 85.3 Å². The van der Waals surface area contributed by atoms with Gasteiger partial charge in [0.1, 0.15) is 23.2 Å². The fourth-order valence-corrected chi connectivity index (χ4v) is 4.10. The van der Waals surface area contributed by atoms with E-state index in [1.807, 2.05) is 68.4 Å². The van der Waals surface area contributed by atoms with Gasteiger partial charge in [-0.15, -0.1) is 0 Å². The number of nitrogens with zero attached hydrogens (tertiary/aromatic N) is 1. The number of hydrogen-bond acceptors (Lipinski definition) is 6. The monoisotopic (exact) mass is 454 g/mol. The van der Waals surface area contributed by atoms with Crippen LogP contribution in [0.4, 0.5) is 0 Å². The quantitative estimate of drug-likeness (QED) is 0.373. The molecule has 170 valence electrons. The predicted molar refractivity (Wildman–Crippen MR) is 129 cm³/mol. The van der Waals surface area contributed by atoms with Crippen LogP contribution in [0.1, 0.15) is 29.7 Å². The Kier molecular flexibility index (Phi) is 5.37. The minimum atomic E-state index is -0.645. The Morgan fingerprint density at radius 3 is 2.44 bits per heavy atom. The van der Waals surface area contributed by atoms with Gasteiger partial charge in [0, 0.05) is 16.7 Å². The van der Waals surface area contributed by atoms with Crippen LogP contribution < -0.4 is 15.9 Å². The lowest BCUT2D eigenvalue weighted by Crippen LogP contribution is -2.11. The standard InChI is InChI=1S/C27H22N2O5/c1-15-13-20(17(3)32-22-12-8-7-11-19(22)26-28-27(31)34-29-26)25-21(14-15)23(30)16(2)24(33-25)18-9-5-4-6-10-18/h4-14,17H,1-3H3,(H,28,29,31). The second-order valence-electron chi connectivity index (χ2n) is 8.18. The second kappa shape index (κ2) is 8.51. The van der Waals surface area contributed by atoms with Crippen molar-refractivity contribution in [1.29, 1.82) is 0 Å². The minimum absolute atomic E-state index is 0.0715. The van der Waals surface area contributed by atoms with Crippen molar-refractivity contribution in [3.05, 3.63) is 104 Å². The zero-order chi connectivity index (χ0) is 23.8. The lowest BCUT2D eigenvalue weighted by molar-refractivity contribution is 0.228. The number of aromatic amines is 1. The molecule has 0 radical (unpaired) electrons. The molecule has 0 bridgehead atoms. The van der Waals surface area contributed by atoms with Gasteiger partial charge in [-0.05, 0) is 50.6 Å². The minimum Gasteiger partial charge on any atom is -0.485 e. The Bertz CT molecular complexity index is 1610. The van der Waals surface area contributed by atoms with Gasteiger partial charge in [0.2, 0.25) is 0 Å². The van der Waals surface area contributed by atoms with E-state index in [1.165, 1.54) is 0 Å². The van der Waals surface area contributed by atoms with Crippen LogP contribution >= 0.6 is 0 Å². The summed E-state index contributed by atoms with van der Waals surface area (Å²) in [6.45, 7) is 5.60. The third-order valence-corrected chi connectivity index (χ3v) is 5.75. The van der Waals surface area contributed by atoms with Crippen molar-refractivity contribution in [3.8, 4) is 28.5 Å². The van der Waals surface area contributed by atoms with Gasteiger partial charge in [-0.25, -0.2) is 4.79 Å². The number of ether oxygens (including phenoxy) is 1. The van der Waals surface area contributed by atoms with Gasteiger partial charge in [0.15, 0.2) is 11.3 Å². The van der Waals surface area contributed by atoms with Crippen LogP contribution in [0.25, 0.3) is 33.7 Å². The maximum Gasteiger partial charge on any atom is 0.439 e. The molecule has 7 heteroatoms. The maximum absolute atomic E-state index is 13.3. The number of benzene rings is 3. The van der Waals surface area contributed by atoms with Gasteiger partial charge >= 0.3 is 5.76 Å². The van der Waals surface area contributed by atoms with Crippen LogP contribution in [0.2, 0.25) is 0 Å². The Morgan fingerprint density at radius 1 is 0.971 bits per heavy atom. The highest BCUT2D eigenvalue weighted by Gasteiger charge is 2.21. The zero-order valence-corrected chi connectivity index (χ0v) is 18.9. The van der Waals surface area contributed by atoms with E-state index in [2.05, 4.69) is 14.7 Å². The summed E-state index contributed by atoms with van der Waals surface area (Å²) in [6.07, 6.45) is -0.475. The maximum atomic E-state index is 13.3. The Morgan fingerprint density at radius 2 is 1.71 bits per heavy atom. The van der Waals surface area contributed by atoms with Gasteiger partial charge in [-0.1, -0.05) is 47.6 Å². The molecule has 1 N–H and O–H groups in total. The largest absolute Gasteiger partial charge is 0.485 e. The summed E-state index contributed by atoms with van der Waals surface area (Å²) < 4.78 is 17.3. The van der Waals surface area contributed by atoms with E-state index in [4.69, 9.17) is 9.15 Å². The van der Waals surface area contributed by atoms with Crippen LogP contribution in [0.5, 0.6) is 5.75 Å². The molecule has 5 aromatic rings. The molecule has 7 nitrogen and oxygen atoms in total. The molecular formula is C27H22N2O5. The summed E-state index contributed by atoms with van der Waals surface area (Å²) in [5, 5.41) is 4.29. The molecule has 1 atom stereocenters. The van der Waals surface area contributed by atoms with E-state index in [9.17, 15) is 9.59 Å². The molecule has 1 unspecified atom stereocenters. The van der Waals surface area contributed by atoms with E-state index in [0.29, 0.717) is 33.6 Å². The molecule has 2 heterocycles. The smallest absolute Gasteiger partial charge is 0.439 e. The fourth-order valence-electron chi connectivity index (χ4n) is 4.10. The van der Waals surface area contributed by atoms with Crippen LogP contribution in [0, 0.1) is 13.8 Å².